The molecule has 0 aliphatic heterocycles. The summed E-state index contributed by atoms with van der Waals surface area (Å²) in [5.74, 6) is 2.80. The summed E-state index contributed by atoms with van der Waals surface area (Å²) in [6.45, 7) is 0.283. The van der Waals surface area contributed by atoms with Crippen molar-refractivity contribution in [2.45, 2.75) is 37.4 Å². The van der Waals surface area contributed by atoms with Crippen LogP contribution in [0.15, 0.2) is 0 Å². The highest BCUT2D eigenvalue weighted by atomic mass is 32.2. The normalized spacial score (nSPS) is 46.2. The minimum absolute atomic E-state index is 0.0381. The van der Waals surface area contributed by atoms with Crippen molar-refractivity contribution in [1.29, 1.82) is 0 Å². The van der Waals surface area contributed by atoms with Gasteiger partial charge in [0.1, 0.15) is 0 Å². The molecule has 0 radical (unpaired) electrons. The molecule has 0 saturated heterocycles. The molecule has 0 amide bonds. The molecule has 0 aromatic carbocycles. The van der Waals surface area contributed by atoms with Gasteiger partial charge in [-0.1, -0.05) is 0 Å². The van der Waals surface area contributed by atoms with Crippen molar-refractivity contribution in [1.82, 2.24) is 0 Å². The highest BCUT2D eigenvalue weighted by Crippen LogP contribution is 2.55. The van der Waals surface area contributed by atoms with Gasteiger partial charge < -0.3 is 5.73 Å². The first-order chi connectivity index (χ1) is 7.60. The van der Waals surface area contributed by atoms with E-state index in [9.17, 15) is 8.42 Å². The third-order valence-electron chi connectivity index (χ3n) is 4.96. The molecule has 4 rings (SSSR count). The second kappa shape index (κ2) is 3.70. The first-order valence-corrected chi connectivity index (χ1v) is 8.23. The Balaban J connectivity index is 1.87. The summed E-state index contributed by atoms with van der Waals surface area (Å²) in [6, 6.07) is 0. The Bertz CT molecular complexity index is 348. The number of rotatable bonds is 3. The van der Waals surface area contributed by atoms with Crippen LogP contribution in [0.3, 0.4) is 0 Å². The standard InChI is InChI=1S/C12H21NO2S/c13-1-2-16(14,15)12-10-4-8-3-9(6-10)7-11(12)5-8/h8-12H,1-7,13H2. The first kappa shape index (κ1) is 11.0. The molecule has 3 nitrogen and oxygen atoms in total. The van der Waals surface area contributed by atoms with Gasteiger partial charge in [-0.2, -0.15) is 0 Å². The van der Waals surface area contributed by atoms with E-state index in [1.165, 1.54) is 32.1 Å². The van der Waals surface area contributed by atoms with E-state index in [2.05, 4.69) is 0 Å². The van der Waals surface area contributed by atoms with Crippen LogP contribution in [0.25, 0.3) is 0 Å². The lowest BCUT2D eigenvalue weighted by Gasteiger charge is -2.53. The zero-order chi connectivity index (χ0) is 11.3. The lowest BCUT2D eigenvalue weighted by molar-refractivity contribution is 0.0238. The molecule has 0 atom stereocenters. The quantitative estimate of drug-likeness (QED) is 0.810. The maximum absolute atomic E-state index is 12.2. The number of hydrogen-bond acceptors (Lipinski definition) is 3. The lowest BCUT2D eigenvalue weighted by Crippen LogP contribution is -2.52. The van der Waals surface area contributed by atoms with E-state index in [0.29, 0.717) is 11.8 Å². The maximum Gasteiger partial charge on any atom is 0.154 e. The highest BCUT2D eigenvalue weighted by molar-refractivity contribution is 7.92. The Morgan fingerprint density at radius 2 is 1.44 bits per heavy atom. The molecule has 4 bridgehead atoms. The zero-order valence-electron chi connectivity index (χ0n) is 9.64. The van der Waals surface area contributed by atoms with Gasteiger partial charge in [0.15, 0.2) is 9.84 Å². The average Bonchev–Trinajstić information content (AvgIpc) is 2.14. The fraction of sp³-hybridized carbons (Fsp3) is 1.00. The molecule has 0 aromatic heterocycles. The van der Waals surface area contributed by atoms with Gasteiger partial charge >= 0.3 is 0 Å². The van der Waals surface area contributed by atoms with Gasteiger partial charge in [-0.3, -0.25) is 0 Å². The number of nitrogens with two attached hydrogens (primary N) is 1. The predicted molar refractivity (Wildman–Crippen MR) is 63.7 cm³/mol. The molecular weight excluding hydrogens is 222 g/mol. The maximum atomic E-state index is 12.2. The van der Waals surface area contributed by atoms with Gasteiger partial charge in [0.25, 0.3) is 0 Å². The molecule has 4 aliphatic carbocycles. The Kier molecular flexibility index (Phi) is 2.55. The van der Waals surface area contributed by atoms with Crippen LogP contribution >= 0.6 is 0 Å². The van der Waals surface area contributed by atoms with E-state index in [0.717, 1.165) is 11.8 Å². The number of sulfone groups is 1. The van der Waals surface area contributed by atoms with Gasteiger partial charge in [-0.15, -0.1) is 0 Å². The van der Waals surface area contributed by atoms with Crippen LogP contribution in [0.1, 0.15) is 32.1 Å². The van der Waals surface area contributed by atoms with Crippen molar-refractivity contribution in [3.63, 3.8) is 0 Å². The third-order valence-corrected chi connectivity index (χ3v) is 7.36. The molecule has 0 heterocycles. The molecular formula is C12H21NO2S. The smallest absolute Gasteiger partial charge is 0.154 e. The summed E-state index contributed by atoms with van der Waals surface area (Å²) in [6.07, 6.45) is 6.04. The monoisotopic (exact) mass is 243 g/mol. The van der Waals surface area contributed by atoms with Gasteiger partial charge in [0.2, 0.25) is 0 Å². The van der Waals surface area contributed by atoms with Gasteiger partial charge in [0, 0.05) is 6.54 Å². The topological polar surface area (TPSA) is 60.2 Å². The van der Waals surface area contributed by atoms with Crippen LogP contribution in [0, 0.1) is 23.7 Å². The fourth-order valence-electron chi connectivity index (χ4n) is 4.76. The third kappa shape index (κ3) is 1.61. The Labute approximate surface area is 97.7 Å². The molecule has 4 aliphatic rings. The molecule has 0 unspecified atom stereocenters. The van der Waals surface area contributed by atoms with Crippen LogP contribution in [0.5, 0.6) is 0 Å². The van der Waals surface area contributed by atoms with Gasteiger partial charge in [0.05, 0.1) is 11.0 Å². The van der Waals surface area contributed by atoms with Gasteiger partial charge in [-0.05, 0) is 55.8 Å². The number of hydrogen-bond donors (Lipinski definition) is 1. The molecule has 4 fully saturated rings. The summed E-state index contributed by atoms with van der Waals surface area (Å²) in [5, 5.41) is -0.0381. The van der Waals surface area contributed by atoms with Crippen LogP contribution in [0.4, 0.5) is 0 Å². The Hall–Kier alpha value is -0.0900. The van der Waals surface area contributed by atoms with E-state index in [1.54, 1.807) is 0 Å². The van der Waals surface area contributed by atoms with E-state index in [4.69, 9.17) is 5.73 Å². The van der Waals surface area contributed by atoms with Crippen LogP contribution in [0.2, 0.25) is 0 Å². The molecule has 0 spiro atoms. The predicted octanol–water partition coefficient (Wildman–Crippen LogP) is 1.18. The van der Waals surface area contributed by atoms with Crippen LogP contribution in [-0.4, -0.2) is 26.0 Å². The molecule has 16 heavy (non-hydrogen) atoms. The summed E-state index contributed by atoms with van der Waals surface area (Å²) in [7, 11) is -2.92. The zero-order valence-corrected chi connectivity index (χ0v) is 10.5. The molecule has 4 heteroatoms. The van der Waals surface area contributed by atoms with Crippen molar-refractivity contribution in [3.05, 3.63) is 0 Å². The summed E-state index contributed by atoms with van der Waals surface area (Å²) >= 11 is 0. The van der Waals surface area contributed by atoms with Gasteiger partial charge in [-0.25, -0.2) is 8.42 Å². The van der Waals surface area contributed by atoms with Crippen molar-refractivity contribution < 1.29 is 8.42 Å². The van der Waals surface area contributed by atoms with Crippen LogP contribution in [-0.2, 0) is 9.84 Å². The average molecular weight is 243 g/mol. The summed E-state index contributed by atoms with van der Waals surface area (Å²) < 4.78 is 24.5. The fourth-order valence-corrected chi connectivity index (χ4v) is 6.98. The largest absolute Gasteiger partial charge is 0.329 e. The molecule has 0 aromatic rings. The van der Waals surface area contributed by atoms with E-state index < -0.39 is 9.84 Å². The SMILES string of the molecule is NCCS(=O)(=O)C1C2CC3CC(C2)CC1C3. The summed E-state index contributed by atoms with van der Waals surface area (Å²) in [5.41, 5.74) is 5.43. The van der Waals surface area contributed by atoms with E-state index in [1.807, 2.05) is 0 Å². The Morgan fingerprint density at radius 1 is 0.938 bits per heavy atom. The summed E-state index contributed by atoms with van der Waals surface area (Å²) in [4.78, 5) is 0. The lowest BCUT2D eigenvalue weighted by atomic mass is 9.56. The second-order valence-electron chi connectivity index (χ2n) is 6.05. The second-order valence-corrected chi connectivity index (χ2v) is 8.33. The van der Waals surface area contributed by atoms with Crippen molar-refractivity contribution >= 4 is 9.84 Å². The molecule has 2 N–H and O–H groups in total. The highest BCUT2D eigenvalue weighted by Gasteiger charge is 2.52. The molecule has 4 saturated carbocycles. The van der Waals surface area contributed by atoms with E-state index >= 15 is 0 Å². The van der Waals surface area contributed by atoms with Crippen molar-refractivity contribution in [2.75, 3.05) is 12.3 Å². The van der Waals surface area contributed by atoms with Crippen molar-refractivity contribution in [3.8, 4) is 0 Å². The molecule has 92 valence electrons. The van der Waals surface area contributed by atoms with Crippen molar-refractivity contribution in [2.24, 2.45) is 29.4 Å². The minimum atomic E-state index is -2.92. The first-order valence-electron chi connectivity index (χ1n) is 6.52. The van der Waals surface area contributed by atoms with Crippen LogP contribution < -0.4 is 5.73 Å². The Morgan fingerprint density at radius 3 is 1.88 bits per heavy atom. The van der Waals surface area contributed by atoms with E-state index in [-0.39, 0.29) is 17.5 Å². The minimum Gasteiger partial charge on any atom is -0.329 e.